The molecule has 8 nitrogen and oxygen atoms in total. The quantitative estimate of drug-likeness (QED) is 0.741. The van der Waals surface area contributed by atoms with Crippen LogP contribution in [0.3, 0.4) is 0 Å². The topological polar surface area (TPSA) is 107 Å². The number of anilines is 3. The second-order valence-corrected chi connectivity index (χ2v) is 7.85. The molecule has 0 aliphatic carbocycles. The maximum Gasteiger partial charge on any atom is 0.258 e. The minimum Gasteiger partial charge on any atom is -0.337 e. The first-order chi connectivity index (χ1) is 13.9. The Morgan fingerprint density at radius 1 is 1.14 bits per heavy atom. The van der Waals surface area contributed by atoms with Gasteiger partial charge in [-0.2, -0.15) is 4.98 Å². The first-order valence-corrected chi connectivity index (χ1v) is 10.0. The smallest absolute Gasteiger partial charge is 0.258 e. The van der Waals surface area contributed by atoms with E-state index in [0.717, 1.165) is 19.3 Å². The summed E-state index contributed by atoms with van der Waals surface area (Å²) in [4.78, 5) is 47.6. The lowest BCUT2D eigenvalue weighted by molar-refractivity contribution is -0.123. The lowest BCUT2D eigenvalue weighted by Crippen LogP contribution is -2.46. The van der Waals surface area contributed by atoms with Gasteiger partial charge in [-0.1, -0.05) is 18.2 Å². The molecule has 0 bridgehead atoms. The number of carbonyl (C=O) groups is 2. The lowest BCUT2D eigenvalue weighted by atomic mass is 9.92. The number of para-hydroxylation sites is 1. The van der Waals surface area contributed by atoms with Crippen molar-refractivity contribution >= 4 is 29.3 Å². The fourth-order valence-electron chi connectivity index (χ4n) is 4.30. The van der Waals surface area contributed by atoms with Crippen LogP contribution in [0.2, 0.25) is 0 Å². The van der Waals surface area contributed by atoms with Crippen LogP contribution in [0.4, 0.5) is 17.5 Å². The number of hydrogen-bond acceptors (Lipinski definition) is 5. The van der Waals surface area contributed by atoms with E-state index < -0.39 is 11.8 Å². The Balaban J connectivity index is 1.69. The molecule has 3 N–H and O–H groups in total. The summed E-state index contributed by atoms with van der Waals surface area (Å²) >= 11 is 0. The zero-order valence-corrected chi connectivity index (χ0v) is 16.6. The van der Waals surface area contributed by atoms with Crippen LogP contribution in [0, 0.1) is 0 Å². The number of hydrogen-bond donors (Lipinski definition) is 3. The van der Waals surface area contributed by atoms with E-state index >= 15 is 0 Å². The van der Waals surface area contributed by atoms with E-state index in [-0.39, 0.29) is 41.4 Å². The van der Waals surface area contributed by atoms with Crippen molar-refractivity contribution in [1.29, 1.82) is 0 Å². The second kappa shape index (κ2) is 7.69. The summed E-state index contributed by atoms with van der Waals surface area (Å²) in [5.41, 5.74) is 0.435. The third kappa shape index (κ3) is 3.74. The minimum absolute atomic E-state index is 0.0910. The first-order valence-electron chi connectivity index (χ1n) is 10.0. The molecule has 3 atom stereocenters. The predicted octanol–water partition coefficient (Wildman–Crippen LogP) is 2.60. The Kier molecular flexibility index (Phi) is 5.08. The van der Waals surface area contributed by atoms with E-state index in [4.69, 9.17) is 0 Å². The van der Waals surface area contributed by atoms with E-state index in [2.05, 4.69) is 39.3 Å². The summed E-state index contributed by atoms with van der Waals surface area (Å²) in [6.45, 7) is 4.20. The highest BCUT2D eigenvalue weighted by Gasteiger charge is 2.36. The van der Waals surface area contributed by atoms with Crippen LogP contribution in [0.1, 0.15) is 51.0 Å². The van der Waals surface area contributed by atoms with Crippen LogP contribution in [0.5, 0.6) is 0 Å². The number of H-pyrrole nitrogens is 1. The van der Waals surface area contributed by atoms with Crippen molar-refractivity contribution in [1.82, 2.24) is 9.97 Å². The molecule has 2 amide bonds. The number of benzene rings is 1. The molecular formula is C21H25N5O3. The van der Waals surface area contributed by atoms with Crippen LogP contribution in [0.15, 0.2) is 35.1 Å². The summed E-state index contributed by atoms with van der Waals surface area (Å²) in [6, 6.07) is 9.43. The molecule has 0 spiro atoms. The third-order valence-corrected chi connectivity index (χ3v) is 5.73. The zero-order chi connectivity index (χ0) is 20.5. The zero-order valence-electron chi connectivity index (χ0n) is 16.6. The van der Waals surface area contributed by atoms with Gasteiger partial charge in [0, 0.05) is 24.2 Å². The normalized spacial score (nSPS) is 23.9. The van der Waals surface area contributed by atoms with Crippen LogP contribution >= 0.6 is 0 Å². The summed E-state index contributed by atoms with van der Waals surface area (Å²) in [6.07, 6.45) is 3.07. The Bertz CT molecular complexity index is 978. The highest BCUT2D eigenvalue weighted by Crippen LogP contribution is 2.32. The first kappa shape index (κ1) is 19.2. The lowest BCUT2D eigenvalue weighted by Gasteiger charge is -2.39. The van der Waals surface area contributed by atoms with Crippen LogP contribution in [0.25, 0.3) is 0 Å². The molecule has 1 aromatic heterocycles. The van der Waals surface area contributed by atoms with Gasteiger partial charge >= 0.3 is 0 Å². The van der Waals surface area contributed by atoms with Gasteiger partial charge in [-0.05, 0) is 45.2 Å². The largest absolute Gasteiger partial charge is 0.337 e. The number of fused-ring (bicyclic) bond motifs is 1. The number of nitrogens with one attached hydrogen (secondary N) is 3. The predicted molar refractivity (Wildman–Crippen MR) is 111 cm³/mol. The van der Waals surface area contributed by atoms with Crippen molar-refractivity contribution in [2.45, 2.75) is 57.5 Å². The number of rotatable bonds is 3. The maximum atomic E-state index is 13.0. The summed E-state index contributed by atoms with van der Waals surface area (Å²) in [7, 11) is 0. The van der Waals surface area contributed by atoms with Crippen LogP contribution in [-0.2, 0) is 9.59 Å². The molecule has 4 rings (SSSR count). The third-order valence-electron chi connectivity index (χ3n) is 5.73. The molecule has 29 heavy (non-hydrogen) atoms. The van der Waals surface area contributed by atoms with Crippen LogP contribution < -0.4 is 21.1 Å². The number of amides is 2. The molecule has 0 radical (unpaired) electrons. The highest BCUT2D eigenvalue weighted by molar-refractivity contribution is 6.04. The van der Waals surface area contributed by atoms with Gasteiger partial charge in [0.1, 0.15) is 5.82 Å². The van der Waals surface area contributed by atoms with Gasteiger partial charge in [-0.15, -0.1) is 0 Å². The van der Waals surface area contributed by atoms with Crippen molar-refractivity contribution in [2.75, 3.05) is 15.5 Å². The summed E-state index contributed by atoms with van der Waals surface area (Å²) < 4.78 is 0. The standard InChI is InChI=1S/C21H25N5O3/c1-12-7-6-8-13(2)26(12)21-24-18-17(20(29)25-21)15(11-16(27)23-18)19(28)22-14-9-4-3-5-10-14/h3-5,9-10,12-13,15H,6-8,11H2,1-2H3,(H,22,28)(H2,23,24,25,27,29)/t12-,13+,15-/m0/s1. The molecule has 152 valence electrons. The monoisotopic (exact) mass is 395 g/mol. The molecule has 2 aliphatic rings. The van der Waals surface area contributed by atoms with E-state index in [1.807, 2.05) is 6.07 Å². The van der Waals surface area contributed by atoms with Gasteiger partial charge < -0.3 is 15.5 Å². The SMILES string of the molecule is C[C@@H]1CCC[C@H](C)N1c1nc2c(c(=O)[nH]1)[C@@H](C(=O)Nc1ccccc1)CC(=O)N2. The molecular weight excluding hydrogens is 370 g/mol. The Labute approximate surface area is 168 Å². The fourth-order valence-corrected chi connectivity index (χ4v) is 4.30. The Morgan fingerprint density at radius 3 is 2.52 bits per heavy atom. The highest BCUT2D eigenvalue weighted by atomic mass is 16.2. The number of aromatic amines is 1. The van der Waals surface area contributed by atoms with Gasteiger partial charge in [0.15, 0.2) is 0 Å². The van der Waals surface area contributed by atoms with Crippen molar-refractivity contribution in [3.63, 3.8) is 0 Å². The van der Waals surface area contributed by atoms with Crippen LogP contribution in [-0.4, -0.2) is 33.9 Å². The van der Waals surface area contributed by atoms with Gasteiger partial charge in [0.05, 0.1) is 11.5 Å². The van der Waals surface area contributed by atoms with Gasteiger partial charge in [0.2, 0.25) is 17.8 Å². The number of piperidine rings is 1. The molecule has 0 saturated carbocycles. The van der Waals surface area contributed by atoms with Gasteiger partial charge in [-0.25, -0.2) is 0 Å². The molecule has 2 aromatic rings. The van der Waals surface area contributed by atoms with E-state index in [0.29, 0.717) is 11.6 Å². The second-order valence-electron chi connectivity index (χ2n) is 7.85. The molecule has 1 fully saturated rings. The van der Waals surface area contributed by atoms with Crippen molar-refractivity contribution in [3.05, 3.63) is 46.2 Å². The van der Waals surface area contributed by atoms with E-state index in [1.165, 1.54) is 0 Å². The van der Waals surface area contributed by atoms with E-state index in [9.17, 15) is 14.4 Å². The van der Waals surface area contributed by atoms with Crippen molar-refractivity contribution < 1.29 is 9.59 Å². The molecule has 3 heterocycles. The summed E-state index contributed by atoms with van der Waals surface area (Å²) in [5, 5.41) is 5.46. The molecule has 1 aromatic carbocycles. The van der Waals surface area contributed by atoms with Crippen molar-refractivity contribution in [2.24, 2.45) is 0 Å². The number of aromatic nitrogens is 2. The average molecular weight is 395 g/mol. The molecule has 1 saturated heterocycles. The number of carbonyl (C=O) groups excluding carboxylic acids is 2. The van der Waals surface area contributed by atoms with E-state index in [1.54, 1.807) is 24.3 Å². The molecule has 2 aliphatic heterocycles. The summed E-state index contributed by atoms with van der Waals surface area (Å²) in [5.74, 6) is -0.988. The van der Waals surface area contributed by atoms with Gasteiger partial charge in [-0.3, -0.25) is 19.4 Å². The van der Waals surface area contributed by atoms with Crippen molar-refractivity contribution in [3.8, 4) is 0 Å². The average Bonchev–Trinajstić information content (AvgIpc) is 2.67. The number of nitrogens with zero attached hydrogens (tertiary/aromatic N) is 2. The Morgan fingerprint density at radius 2 is 1.83 bits per heavy atom. The minimum atomic E-state index is -0.888. The maximum absolute atomic E-state index is 13.0. The van der Waals surface area contributed by atoms with Gasteiger partial charge in [0.25, 0.3) is 5.56 Å². The fraction of sp³-hybridized carbons (Fsp3) is 0.429. The molecule has 0 unspecified atom stereocenters. The Hall–Kier alpha value is -3.16. The molecule has 8 heteroatoms.